The van der Waals surface area contributed by atoms with Crippen LogP contribution in [0.5, 0.6) is 0 Å². The number of aromatic amines is 1. The van der Waals surface area contributed by atoms with Crippen molar-refractivity contribution in [2.75, 3.05) is 5.75 Å². The third-order valence-electron chi connectivity index (χ3n) is 3.10. The number of nitrogens with zero attached hydrogens (tertiary/aromatic N) is 3. The first-order valence-electron chi connectivity index (χ1n) is 5.84. The summed E-state index contributed by atoms with van der Waals surface area (Å²) in [6.45, 7) is 2.23. The maximum atomic E-state index is 12.2. The zero-order valence-corrected chi connectivity index (χ0v) is 12.5. The number of hydrogen-bond acceptors (Lipinski definition) is 5. The molecular weight excluding hydrogens is 284 g/mol. The van der Waals surface area contributed by atoms with Crippen molar-refractivity contribution in [3.63, 3.8) is 0 Å². The van der Waals surface area contributed by atoms with E-state index >= 15 is 0 Å². The molecule has 19 heavy (non-hydrogen) atoms. The molecule has 2 aromatic rings. The summed E-state index contributed by atoms with van der Waals surface area (Å²) >= 11 is 8.64. The molecular formula is C11H16N4O2S2. The molecule has 1 unspecified atom stereocenters. The Morgan fingerprint density at radius 1 is 1.47 bits per heavy atom. The maximum absolute atomic E-state index is 12.2. The number of aromatic nitrogens is 4. The Bertz CT molecular complexity index is 714. The summed E-state index contributed by atoms with van der Waals surface area (Å²) in [4.78, 5) is 26.8. The third kappa shape index (κ3) is 2.74. The van der Waals surface area contributed by atoms with Gasteiger partial charge in [-0.25, -0.2) is 4.79 Å². The molecule has 8 heteroatoms. The van der Waals surface area contributed by atoms with E-state index in [1.165, 1.54) is 15.4 Å². The van der Waals surface area contributed by atoms with Gasteiger partial charge < -0.3 is 0 Å². The highest BCUT2D eigenvalue weighted by atomic mass is 32.1. The van der Waals surface area contributed by atoms with Gasteiger partial charge in [0.15, 0.2) is 0 Å². The van der Waals surface area contributed by atoms with E-state index in [-0.39, 0.29) is 10.3 Å². The fourth-order valence-corrected chi connectivity index (χ4v) is 2.04. The summed E-state index contributed by atoms with van der Waals surface area (Å²) in [6, 6.07) is 0. The van der Waals surface area contributed by atoms with Crippen LogP contribution in [0, 0.1) is 0 Å². The fourth-order valence-electron chi connectivity index (χ4n) is 1.78. The summed E-state index contributed by atoms with van der Waals surface area (Å²) in [5.74, 6) is 0.567. The monoisotopic (exact) mass is 300 g/mol. The highest BCUT2D eigenvalue weighted by Crippen LogP contribution is 2.20. The molecule has 2 rings (SSSR count). The Labute approximate surface area is 120 Å². The topological polar surface area (TPSA) is 72.7 Å². The van der Waals surface area contributed by atoms with E-state index in [0.717, 1.165) is 0 Å². The van der Waals surface area contributed by atoms with Gasteiger partial charge in [0.1, 0.15) is 11.0 Å². The lowest BCUT2D eigenvalue weighted by molar-refractivity contribution is 0.535. The maximum Gasteiger partial charge on any atom is 0.329 e. The number of fused-ring (bicyclic) bond motifs is 1. The van der Waals surface area contributed by atoms with Crippen LogP contribution in [-0.2, 0) is 13.6 Å². The van der Waals surface area contributed by atoms with Crippen molar-refractivity contribution in [1.29, 1.82) is 0 Å². The van der Waals surface area contributed by atoms with Crippen LogP contribution < -0.4 is 11.2 Å². The second-order valence-electron chi connectivity index (χ2n) is 4.82. The number of H-pyrrole nitrogens is 1. The summed E-state index contributed by atoms with van der Waals surface area (Å²) in [5.41, 5.74) is -0.311. The minimum absolute atomic E-state index is 0.305. The first-order chi connectivity index (χ1) is 8.85. The van der Waals surface area contributed by atoms with E-state index in [4.69, 9.17) is 0 Å². The van der Waals surface area contributed by atoms with Gasteiger partial charge >= 0.3 is 5.69 Å². The molecule has 1 N–H and O–H groups in total. The molecule has 2 aromatic heterocycles. The molecule has 0 aliphatic heterocycles. The van der Waals surface area contributed by atoms with E-state index in [9.17, 15) is 9.59 Å². The lowest BCUT2D eigenvalue weighted by atomic mass is 10.1. The van der Waals surface area contributed by atoms with E-state index in [2.05, 4.69) is 35.3 Å². The number of thiol groups is 2. The largest absolute Gasteiger partial charge is 0.329 e. The van der Waals surface area contributed by atoms with Crippen molar-refractivity contribution in [3.8, 4) is 0 Å². The number of nitrogens with one attached hydrogen (secondary N) is 1. The Kier molecular flexibility index (Phi) is 3.82. The van der Waals surface area contributed by atoms with Crippen LogP contribution >= 0.6 is 25.3 Å². The number of hydrogen-bond donors (Lipinski definition) is 3. The molecule has 2 heterocycles. The standard InChI is InChI=1S/C11H16N4O2S2/c1-11(19,6-18)3-4-15-9(16)7-5-12-14(2)8(7)13-10(15)17/h5,18-19H,3-4,6H2,1-2H3,(H,13,17). The molecule has 0 aromatic carbocycles. The van der Waals surface area contributed by atoms with Gasteiger partial charge in [-0.05, 0) is 13.3 Å². The Balaban J connectivity index is 2.45. The van der Waals surface area contributed by atoms with E-state index in [1.54, 1.807) is 7.05 Å². The molecule has 6 nitrogen and oxygen atoms in total. The van der Waals surface area contributed by atoms with Crippen LogP contribution in [0.2, 0.25) is 0 Å². The van der Waals surface area contributed by atoms with Gasteiger partial charge in [0.05, 0.1) is 6.20 Å². The molecule has 1 atom stereocenters. The van der Waals surface area contributed by atoms with Crippen LogP contribution in [0.1, 0.15) is 13.3 Å². The van der Waals surface area contributed by atoms with Gasteiger partial charge in [-0.2, -0.15) is 30.4 Å². The molecule has 0 saturated heterocycles. The predicted octanol–water partition coefficient (Wildman–Crippen LogP) is 0.432. The average Bonchev–Trinajstić information content (AvgIpc) is 2.71. The van der Waals surface area contributed by atoms with Crippen molar-refractivity contribution in [2.24, 2.45) is 7.05 Å². The summed E-state index contributed by atoms with van der Waals surface area (Å²) < 4.78 is 2.33. The van der Waals surface area contributed by atoms with E-state index < -0.39 is 5.69 Å². The van der Waals surface area contributed by atoms with Crippen LogP contribution in [0.15, 0.2) is 15.8 Å². The fraction of sp³-hybridized carbons (Fsp3) is 0.545. The van der Waals surface area contributed by atoms with E-state index in [0.29, 0.717) is 29.8 Å². The second kappa shape index (κ2) is 5.09. The van der Waals surface area contributed by atoms with Gasteiger partial charge in [0, 0.05) is 24.1 Å². The van der Waals surface area contributed by atoms with Crippen molar-refractivity contribution >= 4 is 36.3 Å². The lowest BCUT2D eigenvalue weighted by Gasteiger charge is -2.20. The molecule has 0 radical (unpaired) electrons. The molecule has 0 aliphatic rings. The van der Waals surface area contributed by atoms with Gasteiger partial charge in [-0.15, -0.1) is 0 Å². The normalized spacial score (nSPS) is 14.7. The number of rotatable bonds is 4. The van der Waals surface area contributed by atoms with Gasteiger partial charge in [-0.3, -0.25) is 19.0 Å². The van der Waals surface area contributed by atoms with Gasteiger partial charge in [-0.1, -0.05) is 0 Å². The quantitative estimate of drug-likeness (QED) is 0.717. The minimum atomic E-state index is -0.426. The van der Waals surface area contributed by atoms with Gasteiger partial charge in [0.2, 0.25) is 0 Å². The molecule has 0 amide bonds. The van der Waals surface area contributed by atoms with E-state index in [1.807, 2.05) is 6.92 Å². The van der Waals surface area contributed by atoms with Crippen LogP contribution in [-0.4, -0.2) is 29.8 Å². The molecule has 0 saturated carbocycles. The first kappa shape index (κ1) is 14.3. The first-order valence-corrected chi connectivity index (χ1v) is 6.92. The highest BCUT2D eigenvalue weighted by Gasteiger charge is 2.18. The van der Waals surface area contributed by atoms with Crippen LogP contribution in [0.25, 0.3) is 11.0 Å². The Hall–Kier alpha value is -1.15. The van der Waals surface area contributed by atoms with Crippen LogP contribution in [0.3, 0.4) is 0 Å². The Morgan fingerprint density at radius 2 is 2.16 bits per heavy atom. The highest BCUT2D eigenvalue weighted by molar-refractivity contribution is 7.85. The van der Waals surface area contributed by atoms with Crippen molar-refractivity contribution in [2.45, 2.75) is 24.6 Å². The Morgan fingerprint density at radius 3 is 2.79 bits per heavy atom. The summed E-state index contributed by atoms with van der Waals surface area (Å²) in [5, 5.41) is 4.38. The predicted molar refractivity (Wildman–Crippen MR) is 81.5 cm³/mol. The molecule has 0 aliphatic carbocycles. The molecule has 104 valence electrons. The third-order valence-corrected chi connectivity index (χ3v) is 4.43. The van der Waals surface area contributed by atoms with Crippen molar-refractivity contribution in [1.82, 2.24) is 19.3 Å². The van der Waals surface area contributed by atoms with Gasteiger partial charge in [0.25, 0.3) is 5.56 Å². The molecule has 0 spiro atoms. The van der Waals surface area contributed by atoms with Crippen molar-refractivity contribution in [3.05, 3.63) is 27.0 Å². The minimum Gasteiger partial charge on any atom is -0.291 e. The SMILES string of the molecule is Cn1ncc2c(=O)n(CCC(C)(S)CS)c(=O)[nH]c21. The van der Waals surface area contributed by atoms with Crippen LogP contribution in [0.4, 0.5) is 0 Å². The molecule has 0 bridgehead atoms. The second-order valence-corrected chi connectivity index (χ2v) is 6.22. The smallest absolute Gasteiger partial charge is 0.291 e. The zero-order chi connectivity index (χ0) is 14.2. The average molecular weight is 300 g/mol. The number of aryl methyl sites for hydroxylation is 1. The molecule has 0 fully saturated rings. The summed E-state index contributed by atoms with van der Waals surface area (Å²) in [7, 11) is 1.67. The van der Waals surface area contributed by atoms with Crippen molar-refractivity contribution < 1.29 is 0 Å². The summed E-state index contributed by atoms with van der Waals surface area (Å²) in [6.07, 6.45) is 2.04. The lowest BCUT2D eigenvalue weighted by Crippen LogP contribution is -2.37. The zero-order valence-electron chi connectivity index (χ0n) is 10.8.